The Bertz CT molecular complexity index is 989. The van der Waals surface area contributed by atoms with Crippen LogP contribution in [0, 0.1) is 18.3 Å². The van der Waals surface area contributed by atoms with Crippen LogP contribution in [0.5, 0.6) is 5.75 Å². The highest BCUT2D eigenvalue weighted by Crippen LogP contribution is 2.20. The van der Waals surface area contributed by atoms with Gasteiger partial charge in [0.15, 0.2) is 5.82 Å². The first kappa shape index (κ1) is 17.4. The largest absolute Gasteiger partial charge is 0.485 e. The molecule has 2 aromatic heterocycles. The molecule has 0 aliphatic rings. The smallest absolute Gasteiger partial charge is 0.254 e. The lowest BCUT2D eigenvalue weighted by atomic mass is 10.1. The minimum absolute atomic E-state index is 0.147. The molecule has 6 nitrogen and oxygen atoms in total. The van der Waals surface area contributed by atoms with Crippen LogP contribution in [-0.2, 0) is 6.61 Å². The fraction of sp³-hybridized carbons (Fsp3) is 0.200. The van der Waals surface area contributed by atoms with E-state index in [2.05, 4.69) is 16.0 Å². The molecule has 0 amide bonds. The van der Waals surface area contributed by atoms with E-state index in [0.29, 0.717) is 17.1 Å². The van der Waals surface area contributed by atoms with Gasteiger partial charge in [-0.15, -0.1) is 0 Å². The third-order valence-corrected chi connectivity index (χ3v) is 4.13. The molecule has 0 spiro atoms. The summed E-state index contributed by atoms with van der Waals surface area (Å²) < 4.78 is 7.35. The second kappa shape index (κ2) is 7.62. The van der Waals surface area contributed by atoms with Crippen LogP contribution in [0.25, 0.3) is 0 Å². The second-order valence-corrected chi connectivity index (χ2v) is 5.90. The lowest BCUT2D eigenvalue weighted by molar-refractivity contribution is 0.294. The van der Waals surface area contributed by atoms with Crippen molar-refractivity contribution in [3.05, 3.63) is 87.9 Å². The zero-order valence-corrected chi connectivity index (χ0v) is 14.6. The van der Waals surface area contributed by atoms with E-state index in [1.807, 2.05) is 32.0 Å². The molecule has 2 heterocycles. The van der Waals surface area contributed by atoms with Crippen LogP contribution in [-0.4, -0.2) is 14.5 Å². The first-order valence-corrected chi connectivity index (χ1v) is 8.20. The zero-order valence-electron chi connectivity index (χ0n) is 14.6. The Hall–Kier alpha value is -3.46. The predicted molar refractivity (Wildman–Crippen MR) is 96.8 cm³/mol. The number of aromatic nitrogens is 3. The molecule has 26 heavy (non-hydrogen) atoms. The summed E-state index contributed by atoms with van der Waals surface area (Å²) in [6.07, 6.45) is 3.29. The molecule has 3 aromatic rings. The van der Waals surface area contributed by atoms with Crippen molar-refractivity contribution in [2.24, 2.45) is 0 Å². The van der Waals surface area contributed by atoms with Crippen molar-refractivity contribution in [1.82, 2.24) is 14.5 Å². The normalized spacial score (nSPS) is 11.6. The number of ether oxygens (including phenoxy) is 1. The van der Waals surface area contributed by atoms with Gasteiger partial charge in [-0.05, 0) is 43.7 Å². The number of hydrogen-bond donors (Lipinski definition) is 0. The van der Waals surface area contributed by atoms with Crippen LogP contribution in [0.2, 0.25) is 0 Å². The van der Waals surface area contributed by atoms with Crippen molar-refractivity contribution in [2.45, 2.75) is 26.5 Å². The second-order valence-electron chi connectivity index (χ2n) is 5.90. The topological polar surface area (TPSA) is 80.8 Å². The van der Waals surface area contributed by atoms with Gasteiger partial charge in [-0.2, -0.15) is 5.26 Å². The predicted octanol–water partition coefficient (Wildman–Crippen LogP) is 3.01. The van der Waals surface area contributed by atoms with Crippen molar-refractivity contribution in [3.63, 3.8) is 0 Å². The summed E-state index contributed by atoms with van der Waals surface area (Å²) in [6.45, 7) is 4.02. The zero-order chi connectivity index (χ0) is 18.5. The molecule has 0 radical (unpaired) electrons. The van der Waals surface area contributed by atoms with Crippen LogP contribution in [0.3, 0.4) is 0 Å². The fourth-order valence-electron chi connectivity index (χ4n) is 2.80. The van der Waals surface area contributed by atoms with Gasteiger partial charge in [0, 0.05) is 24.2 Å². The first-order chi connectivity index (χ1) is 12.6. The maximum absolute atomic E-state index is 12.6. The number of aryl methyl sites for hydroxylation is 1. The monoisotopic (exact) mass is 346 g/mol. The van der Waals surface area contributed by atoms with E-state index in [1.165, 1.54) is 6.07 Å². The van der Waals surface area contributed by atoms with Crippen molar-refractivity contribution in [2.75, 3.05) is 0 Å². The summed E-state index contributed by atoms with van der Waals surface area (Å²) in [5.74, 6) is 1.04. The van der Waals surface area contributed by atoms with Gasteiger partial charge < -0.3 is 9.30 Å². The standard InChI is InChI=1S/C20H18N4O2/c1-14-10-18(26-13-19-22-8-3-9-23-19)11-20(25)24(14)15(2)17-6-4-16(12-21)5-7-17/h3-11,15H,13H2,1-2H3/t15-/m1/s1. The Morgan fingerprint density at radius 3 is 2.50 bits per heavy atom. The molecule has 1 aromatic carbocycles. The van der Waals surface area contributed by atoms with E-state index in [-0.39, 0.29) is 18.2 Å². The fourth-order valence-corrected chi connectivity index (χ4v) is 2.80. The lowest BCUT2D eigenvalue weighted by Gasteiger charge is -2.19. The molecule has 6 heteroatoms. The Balaban J connectivity index is 1.82. The number of benzene rings is 1. The molecule has 130 valence electrons. The van der Waals surface area contributed by atoms with Gasteiger partial charge >= 0.3 is 0 Å². The van der Waals surface area contributed by atoms with Gasteiger partial charge in [-0.1, -0.05) is 12.1 Å². The van der Waals surface area contributed by atoms with Gasteiger partial charge in [-0.25, -0.2) is 9.97 Å². The van der Waals surface area contributed by atoms with Gasteiger partial charge in [0.2, 0.25) is 0 Å². The van der Waals surface area contributed by atoms with Gasteiger partial charge in [0.05, 0.1) is 17.7 Å². The molecule has 0 saturated carbocycles. The van der Waals surface area contributed by atoms with E-state index in [1.54, 1.807) is 35.2 Å². The van der Waals surface area contributed by atoms with Crippen LogP contribution < -0.4 is 10.3 Å². The summed E-state index contributed by atoms with van der Waals surface area (Å²) >= 11 is 0. The molecular weight excluding hydrogens is 328 g/mol. The van der Waals surface area contributed by atoms with E-state index >= 15 is 0 Å². The first-order valence-electron chi connectivity index (χ1n) is 8.20. The van der Waals surface area contributed by atoms with Crippen molar-refractivity contribution < 1.29 is 4.74 Å². The number of rotatable bonds is 5. The minimum atomic E-state index is -0.151. The Labute approximate surface area is 151 Å². The van der Waals surface area contributed by atoms with Gasteiger partial charge in [0.1, 0.15) is 12.4 Å². The van der Waals surface area contributed by atoms with E-state index in [9.17, 15) is 4.79 Å². The van der Waals surface area contributed by atoms with Crippen molar-refractivity contribution in [3.8, 4) is 11.8 Å². The highest BCUT2D eigenvalue weighted by atomic mass is 16.5. The van der Waals surface area contributed by atoms with E-state index in [0.717, 1.165) is 11.3 Å². The third-order valence-electron chi connectivity index (χ3n) is 4.13. The van der Waals surface area contributed by atoms with Crippen molar-refractivity contribution >= 4 is 0 Å². The summed E-state index contributed by atoms with van der Waals surface area (Å²) in [5, 5.41) is 8.91. The van der Waals surface area contributed by atoms with Crippen LogP contribution in [0.15, 0.2) is 59.7 Å². The molecule has 3 rings (SSSR count). The van der Waals surface area contributed by atoms with E-state index in [4.69, 9.17) is 10.00 Å². The van der Waals surface area contributed by atoms with Crippen molar-refractivity contribution in [1.29, 1.82) is 5.26 Å². The number of nitrogens with zero attached hydrogens (tertiary/aromatic N) is 4. The highest BCUT2D eigenvalue weighted by Gasteiger charge is 2.13. The van der Waals surface area contributed by atoms with Crippen LogP contribution in [0.1, 0.15) is 35.6 Å². The van der Waals surface area contributed by atoms with Crippen LogP contribution >= 0.6 is 0 Å². The molecule has 0 saturated heterocycles. The summed E-state index contributed by atoms with van der Waals surface area (Å²) in [4.78, 5) is 20.8. The Kier molecular flexibility index (Phi) is 5.09. The van der Waals surface area contributed by atoms with Crippen LogP contribution in [0.4, 0.5) is 0 Å². The maximum atomic E-state index is 12.6. The SMILES string of the molecule is Cc1cc(OCc2ncccn2)cc(=O)n1[C@H](C)c1ccc(C#N)cc1. The Morgan fingerprint density at radius 2 is 1.88 bits per heavy atom. The molecule has 0 bridgehead atoms. The average Bonchev–Trinajstić information content (AvgIpc) is 2.66. The number of nitriles is 1. The summed E-state index contributed by atoms with van der Waals surface area (Å²) in [7, 11) is 0. The third kappa shape index (κ3) is 3.78. The maximum Gasteiger partial charge on any atom is 0.254 e. The number of hydrogen-bond acceptors (Lipinski definition) is 5. The highest BCUT2D eigenvalue weighted by molar-refractivity contribution is 5.34. The lowest BCUT2D eigenvalue weighted by Crippen LogP contribution is -2.25. The molecule has 0 aliphatic carbocycles. The molecule has 0 N–H and O–H groups in total. The molecule has 1 atom stereocenters. The van der Waals surface area contributed by atoms with Gasteiger partial charge in [-0.3, -0.25) is 4.79 Å². The Morgan fingerprint density at radius 1 is 1.19 bits per heavy atom. The molecule has 0 aliphatic heterocycles. The molecule has 0 unspecified atom stereocenters. The molecular formula is C20H18N4O2. The quantitative estimate of drug-likeness (QED) is 0.709. The van der Waals surface area contributed by atoms with Gasteiger partial charge in [0.25, 0.3) is 5.56 Å². The molecule has 0 fully saturated rings. The number of pyridine rings is 1. The summed E-state index contributed by atoms with van der Waals surface area (Å²) in [5.41, 5.74) is 2.20. The van der Waals surface area contributed by atoms with E-state index < -0.39 is 0 Å². The minimum Gasteiger partial charge on any atom is -0.485 e. The summed E-state index contributed by atoms with van der Waals surface area (Å²) in [6, 6.07) is 14.2. The average molecular weight is 346 g/mol.